The number of amides is 4. The van der Waals surface area contributed by atoms with Gasteiger partial charge in [0, 0.05) is 13.1 Å². The third-order valence-electron chi connectivity index (χ3n) is 7.20. The highest BCUT2D eigenvalue weighted by molar-refractivity contribution is 7.89. The zero-order valence-electron chi connectivity index (χ0n) is 19.6. The van der Waals surface area contributed by atoms with Gasteiger partial charge in [-0.1, -0.05) is 26.2 Å². The topological polar surface area (TPSA) is 125 Å². The first-order chi connectivity index (χ1) is 16.2. The van der Waals surface area contributed by atoms with Gasteiger partial charge in [-0.15, -0.1) is 0 Å². The summed E-state index contributed by atoms with van der Waals surface area (Å²) in [6.07, 6.45) is 5.85. The molecule has 4 amide bonds. The number of rotatable bonds is 6. The van der Waals surface area contributed by atoms with Crippen LogP contribution in [0.15, 0.2) is 23.1 Å². The Kier molecular flexibility index (Phi) is 6.86. The molecule has 3 fully saturated rings. The second kappa shape index (κ2) is 9.53. The smallest absolute Gasteiger partial charge is 0.325 e. The maximum atomic E-state index is 13.1. The fourth-order valence-corrected chi connectivity index (χ4v) is 6.72. The molecule has 4 rings (SSSR count). The summed E-state index contributed by atoms with van der Waals surface area (Å²) < 4.78 is 32.9. The van der Waals surface area contributed by atoms with Crippen molar-refractivity contribution in [3.8, 4) is 5.75 Å². The van der Waals surface area contributed by atoms with Gasteiger partial charge in [0.2, 0.25) is 15.9 Å². The van der Waals surface area contributed by atoms with E-state index in [1.165, 1.54) is 29.6 Å². The van der Waals surface area contributed by atoms with Gasteiger partial charge in [-0.05, 0) is 49.8 Å². The van der Waals surface area contributed by atoms with Gasteiger partial charge in [-0.25, -0.2) is 13.2 Å². The van der Waals surface area contributed by atoms with Crippen LogP contribution in [0.3, 0.4) is 0 Å². The number of nitrogens with one attached hydrogen (secondary N) is 2. The van der Waals surface area contributed by atoms with Crippen molar-refractivity contribution in [3.05, 3.63) is 18.2 Å². The molecule has 0 radical (unpaired) electrons. The first-order valence-electron chi connectivity index (χ1n) is 11.8. The minimum atomic E-state index is -3.71. The summed E-state index contributed by atoms with van der Waals surface area (Å²) in [5.74, 6) is -0.730. The van der Waals surface area contributed by atoms with Crippen molar-refractivity contribution in [2.45, 2.75) is 62.3 Å². The number of carbonyl (C=O) groups excluding carboxylic acids is 3. The molecule has 3 aliphatic rings. The highest BCUT2D eigenvalue weighted by Crippen LogP contribution is 2.38. The summed E-state index contributed by atoms with van der Waals surface area (Å²) in [5.41, 5.74) is -0.783. The second-order valence-electron chi connectivity index (χ2n) is 9.31. The Hall–Kier alpha value is -2.66. The molecule has 1 aromatic rings. The molecule has 11 heteroatoms. The van der Waals surface area contributed by atoms with E-state index in [-0.39, 0.29) is 28.2 Å². The number of hydrogen-bond donors (Lipinski definition) is 2. The summed E-state index contributed by atoms with van der Waals surface area (Å²) >= 11 is 0. The monoisotopic (exact) mass is 492 g/mol. The van der Waals surface area contributed by atoms with E-state index >= 15 is 0 Å². The number of nitrogens with zero attached hydrogens (tertiary/aromatic N) is 2. The average Bonchev–Trinajstić information content (AvgIpc) is 3.06. The lowest BCUT2D eigenvalue weighted by atomic mass is 9.73. The Morgan fingerprint density at radius 2 is 1.91 bits per heavy atom. The van der Waals surface area contributed by atoms with Crippen molar-refractivity contribution >= 4 is 33.6 Å². The summed E-state index contributed by atoms with van der Waals surface area (Å²) in [4.78, 5) is 39.5. The van der Waals surface area contributed by atoms with Crippen molar-refractivity contribution in [2.24, 2.45) is 5.92 Å². The van der Waals surface area contributed by atoms with E-state index in [0.29, 0.717) is 19.5 Å². The predicted octanol–water partition coefficient (Wildman–Crippen LogP) is 2.31. The molecular formula is C23H32N4O6S. The van der Waals surface area contributed by atoms with Crippen LogP contribution < -0.4 is 15.4 Å². The van der Waals surface area contributed by atoms with E-state index in [1.807, 2.05) is 6.92 Å². The first kappa shape index (κ1) is 24.5. The van der Waals surface area contributed by atoms with Crippen LogP contribution in [0.1, 0.15) is 51.9 Å². The van der Waals surface area contributed by atoms with Crippen molar-refractivity contribution in [1.29, 1.82) is 0 Å². The van der Waals surface area contributed by atoms with E-state index in [2.05, 4.69) is 10.6 Å². The third kappa shape index (κ3) is 4.38. The fraction of sp³-hybridized carbons (Fsp3) is 0.609. The lowest BCUT2D eigenvalue weighted by Gasteiger charge is -2.36. The summed E-state index contributed by atoms with van der Waals surface area (Å²) in [7, 11) is -2.30. The van der Waals surface area contributed by atoms with Crippen molar-refractivity contribution in [1.82, 2.24) is 14.5 Å². The Morgan fingerprint density at radius 3 is 2.59 bits per heavy atom. The third-order valence-corrected chi connectivity index (χ3v) is 9.10. The molecule has 1 spiro atoms. The van der Waals surface area contributed by atoms with Gasteiger partial charge < -0.3 is 15.4 Å². The molecule has 0 bridgehead atoms. The van der Waals surface area contributed by atoms with Crippen LogP contribution in [0.4, 0.5) is 10.5 Å². The minimum Gasteiger partial charge on any atom is -0.495 e. The number of piperidine rings is 1. The largest absolute Gasteiger partial charge is 0.495 e. The van der Waals surface area contributed by atoms with Crippen molar-refractivity contribution in [2.75, 3.05) is 32.1 Å². The Balaban J connectivity index is 1.51. The van der Waals surface area contributed by atoms with Gasteiger partial charge in [0.25, 0.3) is 5.91 Å². The maximum Gasteiger partial charge on any atom is 0.325 e. The molecule has 1 saturated carbocycles. The summed E-state index contributed by atoms with van der Waals surface area (Å²) in [6.45, 7) is 2.40. The second-order valence-corrected chi connectivity index (χ2v) is 11.3. The quantitative estimate of drug-likeness (QED) is 0.587. The number of benzene rings is 1. The van der Waals surface area contributed by atoms with Crippen LogP contribution in [-0.2, 0) is 19.6 Å². The van der Waals surface area contributed by atoms with Crippen LogP contribution in [0.2, 0.25) is 0 Å². The molecule has 2 aliphatic heterocycles. The first-order valence-corrected chi connectivity index (χ1v) is 13.3. The average molecular weight is 493 g/mol. The number of methoxy groups -OCH3 is 1. The van der Waals surface area contributed by atoms with Crippen LogP contribution in [0.25, 0.3) is 0 Å². The normalized spacial score (nSPS) is 25.9. The zero-order valence-corrected chi connectivity index (χ0v) is 20.4. The van der Waals surface area contributed by atoms with E-state index in [4.69, 9.17) is 4.74 Å². The molecule has 2 atom stereocenters. The van der Waals surface area contributed by atoms with Gasteiger partial charge >= 0.3 is 6.03 Å². The molecule has 2 heterocycles. The molecular weight excluding hydrogens is 460 g/mol. The van der Waals surface area contributed by atoms with E-state index in [0.717, 1.165) is 43.4 Å². The molecule has 0 aromatic heterocycles. The molecule has 186 valence electrons. The molecule has 2 N–H and O–H groups in total. The number of sulfonamides is 1. The van der Waals surface area contributed by atoms with Crippen LogP contribution in [-0.4, -0.2) is 67.8 Å². The number of hydrogen-bond acceptors (Lipinski definition) is 6. The zero-order chi connectivity index (χ0) is 24.5. The SMILES string of the molecule is COc1ccc(S(=O)(=O)N2CCCCC2)cc1NC(=O)CN1C(=O)N[C@]2(CCCC[C@@H]2C)C1=O. The fourth-order valence-electron chi connectivity index (χ4n) is 5.17. The highest BCUT2D eigenvalue weighted by Gasteiger charge is 2.55. The van der Waals surface area contributed by atoms with Gasteiger partial charge in [0.05, 0.1) is 17.7 Å². The van der Waals surface area contributed by atoms with Crippen LogP contribution in [0.5, 0.6) is 5.75 Å². The Labute approximate surface area is 200 Å². The Bertz CT molecular complexity index is 1080. The molecule has 1 aromatic carbocycles. The van der Waals surface area contributed by atoms with Gasteiger partial charge in [0.15, 0.2) is 0 Å². The molecule has 10 nitrogen and oxygen atoms in total. The lowest BCUT2D eigenvalue weighted by molar-refractivity contribution is -0.136. The predicted molar refractivity (Wildman–Crippen MR) is 125 cm³/mol. The lowest BCUT2D eigenvalue weighted by Crippen LogP contribution is -2.54. The van der Waals surface area contributed by atoms with E-state index in [9.17, 15) is 22.8 Å². The highest BCUT2D eigenvalue weighted by atomic mass is 32.2. The van der Waals surface area contributed by atoms with Crippen LogP contribution in [0, 0.1) is 5.92 Å². The Morgan fingerprint density at radius 1 is 1.18 bits per heavy atom. The van der Waals surface area contributed by atoms with Gasteiger partial charge in [-0.2, -0.15) is 4.31 Å². The van der Waals surface area contributed by atoms with Crippen LogP contribution >= 0.6 is 0 Å². The number of anilines is 1. The molecule has 0 unspecified atom stereocenters. The van der Waals surface area contributed by atoms with Gasteiger partial charge in [-0.3, -0.25) is 14.5 Å². The molecule has 2 saturated heterocycles. The number of imide groups is 1. The number of carbonyl (C=O) groups is 3. The van der Waals surface area contributed by atoms with Crippen molar-refractivity contribution in [3.63, 3.8) is 0 Å². The standard InChI is InChI=1S/C23H32N4O6S/c1-16-8-4-5-11-23(16)21(29)27(22(30)25-23)15-20(28)24-18-14-17(9-10-19(18)33-2)34(31,32)26-12-6-3-7-13-26/h9-10,14,16H,3-8,11-13,15H2,1-2H3,(H,24,28)(H,25,30)/t16-,23-/m0/s1. The molecule has 1 aliphatic carbocycles. The number of urea groups is 1. The summed E-state index contributed by atoms with van der Waals surface area (Å²) in [5, 5.41) is 5.45. The minimum absolute atomic E-state index is 0.0115. The van der Waals surface area contributed by atoms with E-state index in [1.54, 1.807) is 0 Å². The maximum absolute atomic E-state index is 13.1. The van der Waals surface area contributed by atoms with Gasteiger partial charge in [0.1, 0.15) is 17.8 Å². The van der Waals surface area contributed by atoms with Crippen molar-refractivity contribution < 1.29 is 27.5 Å². The summed E-state index contributed by atoms with van der Waals surface area (Å²) in [6, 6.07) is 3.71. The van der Waals surface area contributed by atoms with E-state index < -0.39 is 34.0 Å². The number of ether oxygens (including phenoxy) is 1. The molecule has 34 heavy (non-hydrogen) atoms.